The number of nitrogens with zero attached hydrogens (tertiary/aromatic N) is 4. The summed E-state index contributed by atoms with van der Waals surface area (Å²) in [5, 5.41) is -0.0300. The van der Waals surface area contributed by atoms with E-state index in [1.54, 1.807) is 0 Å². The lowest BCUT2D eigenvalue weighted by molar-refractivity contribution is 0.0986. The minimum atomic E-state index is -0.693. The van der Waals surface area contributed by atoms with E-state index in [0.29, 0.717) is 36.7 Å². The third kappa shape index (κ3) is 3.19. The summed E-state index contributed by atoms with van der Waals surface area (Å²) < 4.78 is 13.9. The molecule has 0 saturated heterocycles. The second kappa shape index (κ2) is 6.94. The van der Waals surface area contributed by atoms with Crippen molar-refractivity contribution in [2.24, 2.45) is 0 Å². The summed E-state index contributed by atoms with van der Waals surface area (Å²) in [5.74, 6) is -0.0897. The third-order valence-electron chi connectivity index (χ3n) is 4.51. The molecule has 0 spiro atoms. The van der Waals surface area contributed by atoms with Gasteiger partial charge >= 0.3 is 0 Å². The van der Waals surface area contributed by atoms with Crippen molar-refractivity contribution >= 4 is 51.8 Å². The molecular formula is C19H15Cl2FN4O. The predicted octanol–water partition coefficient (Wildman–Crippen LogP) is 4.56. The normalized spacial score (nSPS) is 14.2. The maximum Gasteiger partial charge on any atom is 0.261 e. The molecule has 1 aliphatic rings. The second-order valence-electron chi connectivity index (χ2n) is 6.34. The zero-order chi connectivity index (χ0) is 19.1. The molecule has 8 heteroatoms. The molecule has 1 aliphatic heterocycles. The van der Waals surface area contributed by atoms with Gasteiger partial charge in [0.05, 0.1) is 26.6 Å². The molecule has 0 bridgehead atoms. The van der Waals surface area contributed by atoms with Crippen molar-refractivity contribution in [1.29, 1.82) is 0 Å². The molecule has 27 heavy (non-hydrogen) atoms. The fourth-order valence-electron chi connectivity index (χ4n) is 3.13. The van der Waals surface area contributed by atoms with Crippen LogP contribution in [0.5, 0.6) is 0 Å². The first-order valence-corrected chi connectivity index (χ1v) is 9.15. The van der Waals surface area contributed by atoms with Crippen LogP contribution in [-0.4, -0.2) is 36.0 Å². The van der Waals surface area contributed by atoms with E-state index in [2.05, 4.69) is 9.97 Å². The van der Waals surface area contributed by atoms with Crippen molar-refractivity contribution < 1.29 is 9.18 Å². The second-order valence-corrected chi connectivity index (χ2v) is 7.15. The Morgan fingerprint density at radius 3 is 2.41 bits per heavy atom. The number of halogens is 3. The van der Waals surface area contributed by atoms with Gasteiger partial charge in [-0.3, -0.25) is 9.69 Å². The average molecular weight is 405 g/mol. The topological polar surface area (TPSA) is 49.3 Å². The summed E-state index contributed by atoms with van der Waals surface area (Å²) >= 11 is 11.9. The van der Waals surface area contributed by atoms with Gasteiger partial charge in [0.25, 0.3) is 5.91 Å². The highest BCUT2D eigenvalue weighted by Gasteiger charge is 2.29. The van der Waals surface area contributed by atoms with Crippen LogP contribution in [0, 0.1) is 5.82 Å². The van der Waals surface area contributed by atoms with E-state index in [9.17, 15) is 9.18 Å². The Labute approximate surface area is 165 Å². The lowest BCUT2D eigenvalue weighted by Gasteiger charge is -2.23. The largest absolute Gasteiger partial charge is 0.357 e. The Balaban J connectivity index is 1.87. The SMILES string of the molecule is CN1CCCN(C(=O)c2cc(F)c(Cl)cc2Cl)c2nc3ccccc3nc21. The molecule has 0 saturated carbocycles. The van der Waals surface area contributed by atoms with Gasteiger partial charge in [-0.1, -0.05) is 35.3 Å². The highest BCUT2D eigenvalue weighted by molar-refractivity contribution is 6.37. The third-order valence-corrected chi connectivity index (χ3v) is 5.11. The molecule has 5 nitrogen and oxygen atoms in total. The molecule has 3 aromatic rings. The summed E-state index contributed by atoms with van der Waals surface area (Å²) in [7, 11) is 1.91. The van der Waals surface area contributed by atoms with Crippen molar-refractivity contribution in [3.05, 3.63) is 57.8 Å². The maximum atomic E-state index is 13.9. The van der Waals surface area contributed by atoms with Crippen LogP contribution in [-0.2, 0) is 0 Å². The monoisotopic (exact) mass is 404 g/mol. The Morgan fingerprint density at radius 1 is 1.04 bits per heavy atom. The van der Waals surface area contributed by atoms with E-state index in [0.717, 1.165) is 11.6 Å². The number of benzene rings is 2. The zero-order valence-electron chi connectivity index (χ0n) is 14.4. The number of amides is 1. The van der Waals surface area contributed by atoms with E-state index in [1.165, 1.54) is 11.0 Å². The van der Waals surface area contributed by atoms with Gasteiger partial charge in [0.1, 0.15) is 5.82 Å². The van der Waals surface area contributed by atoms with Gasteiger partial charge in [-0.2, -0.15) is 0 Å². The molecule has 0 unspecified atom stereocenters. The summed E-state index contributed by atoms with van der Waals surface area (Å²) in [6.07, 6.45) is 0.713. The van der Waals surface area contributed by atoms with Crippen molar-refractivity contribution in [2.75, 3.05) is 29.9 Å². The van der Waals surface area contributed by atoms with E-state index in [1.807, 2.05) is 36.2 Å². The lowest BCUT2D eigenvalue weighted by Crippen LogP contribution is -2.32. The minimum Gasteiger partial charge on any atom is -0.357 e. The molecule has 2 aromatic carbocycles. The molecule has 1 amide bonds. The Hall–Kier alpha value is -2.44. The van der Waals surface area contributed by atoms with Crippen LogP contribution in [0.1, 0.15) is 16.8 Å². The fourth-order valence-corrected chi connectivity index (χ4v) is 3.59. The summed E-state index contributed by atoms with van der Waals surface area (Å²) in [6.45, 7) is 1.14. The molecule has 2 heterocycles. The molecule has 0 aliphatic carbocycles. The van der Waals surface area contributed by atoms with Crippen LogP contribution < -0.4 is 9.80 Å². The Kier molecular flexibility index (Phi) is 4.61. The van der Waals surface area contributed by atoms with Gasteiger partial charge in [-0.25, -0.2) is 14.4 Å². The highest BCUT2D eigenvalue weighted by atomic mass is 35.5. The van der Waals surface area contributed by atoms with Crippen molar-refractivity contribution in [3.63, 3.8) is 0 Å². The Morgan fingerprint density at radius 2 is 1.70 bits per heavy atom. The van der Waals surface area contributed by atoms with Gasteiger partial charge in [0.15, 0.2) is 11.6 Å². The zero-order valence-corrected chi connectivity index (χ0v) is 15.9. The number of para-hydroxylation sites is 2. The van der Waals surface area contributed by atoms with Gasteiger partial charge in [-0.15, -0.1) is 0 Å². The highest BCUT2D eigenvalue weighted by Crippen LogP contribution is 2.33. The number of carbonyl (C=O) groups is 1. The average Bonchev–Trinajstić information content (AvgIpc) is 2.81. The molecule has 4 rings (SSSR count). The van der Waals surface area contributed by atoms with Crippen LogP contribution in [0.2, 0.25) is 10.0 Å². The number of hydrogen-bond donors (Lipinski definition) is 0. The minimum absolute atomic E-state index is 0.0454. The van der Waals surface area contributed by atoms with Crippen LogP contribution in [0.4, 0.5) is 16.0 Å². The first-order valence-electron chi connectivity index (χ1n) is 8.40. The molecule has 0 N–H and O–H groups in total. The van der Waals surface area contributed by atoms with Crippen molar-refractivity contribution in [1.82, 2.24) is 9.97 Å². The first kappa shape index (κ1) is 17.9. The maximum absolute atomic E-state index is 13.9. The summed E-state index contributed by atoms with van der Waals surface area (Å²) in [6, 6.07) is 9.77. The summed E-state index contributed by atoms with van der Waals surface area (Å²) in [5.41, 5.74) is 1.47. The molecule has 138 valence electrons. The van der Waals surface area contributed by atoms with E-state index >= 15 is 0 Å². The molecule has 1 aromatic heterocycles. The van der Waals surface area contributed by atoms with E-state index in [-0.39, 0.29) is 15.6 Å². The van der Waals surface area contributed by atoms with Crippen molar-refractivity contribution in [2.45, 2.75) is 6.42 Å². The molecule has 0 fully saturated rings. The fraction of sp³-hybridized carbons (Fsp3) is 0.211. The van der Waals surface area contributed by atoms with Gasteiger partial charge < -0.3 is 4.90 Å². The van der Waals surface area contributed by atoms with Crippen LogP contribution in [0.15, 0.2) is 36.4 Å². The molecule has 0 atom stereocenters. The number of fused-ring (bicyclic) bond motifs is 2. The predicted molar refractivity (Wildman–Crippen MR) is 106 cm³/mol. The Bertz CT molecular complexity index is 1060. The lowest BCUT2D eigenvalue weighted by atomic mass is 10.2. The van der Waals surface area contributed by atoms with Gasteiger partial charge in [-0.05, 0) is 30.7 Å². The standard InChI is InChI=1S/C19H15Cl2FN4O/c1-25-7-4-8-26(19(27)11-9-14(22)13(21)10-12(11)20)18-17(25)23-15-5-2-3-6-16(15)24-18/h2-3,5-6,9-10H,4,7-8H2,1H3. The van der Waals surface area contributed by atoms with Gasteiger partial charge in [0, 0.05) is 20.1 Å². The number of anilines is 2. The van der Waals surface area contributed by atoms with E-state index < -0.39 is 11.7 Å². The number of hydrogen-bond acceptors (Lipinski definition) is 4. The summed E-state index contributed by atoms with van der Waals surface area (Å²) in [4.78, 5) is 26.0. The number of carbonyl (C=O) groups excluding carboxylic acids is 1. The first-order chi connectivity index (χ1) is 13.0. The van der Waals surface area contributed by atoms with Gasteiger partial charge in [0.2, 0.25) is 0 Å². The van der Waals surface area contributed by atoms with Crippen molar-refractivity contribution in [3.8, 4) is 0 Å². The smallest absolute Gasteiger partial charge is 0.261 e. The number of aromatic nitrogens is 2. The van der Waals surface area contributed by atoms with Crippen LogP contribution in [0.3, 0.4) is 0 Å². The number of rotatable bonds is 1. The molecule has 0 radical (unpaired) electrons. The van der Waals surface area contributed by atoms with E-state index in [4.69, 9.17) is 23.2 Å². The quantitative estimate of drug-likeness (QED) is 0.557. The molecular weight excluding hydrogens is 390 g/mol. The van der Waals surface area contributed by atoms with Crippen LogP contribution in [0.25, 0.3) is 11.0 Å². The van der Waals surface area contributed by atoms with Crippen LogP contribution >= 0.6 is 23.2 Å².